The van der Waals surface area contributed by atoms with Gasteiger partial charge in [-0.3, -0.25) is 0 Å². The van der Waals surface area contributed by atoms with Crippen molar-refractivity contribution < 1.29 is 9.47 Å². The summed E-state index contributed by atoms with van der Waals surface area (Å²) >= 11 is 9.85. The summed E-state index contributed by atoms with van der Waals surface area (Å²) in [5.74, 6) is 1.47. The van der Waals surface area contributed by atoms with Gasteiger partial charge in [-0.2, -0.15) is 10.1 Å². The van der Waals surface area contributed by atoms with Crippen LogP contribution in [0.1, 0.15) is 23.6 Å². The number of hydrogen-bond acceptors (Lipinski definition) is 7. The molecule has 0 unspecified atom stereocenters. The van der Waals surface area contributed by atoms with Crippen molar-refractivity contribution in [2.75, 3.05) is 12.0 Å². The molecule has 5 rings (SSSR count). The van der Waals surface area contributed by atoms with Crippen molar-refractivity contribution in [2.45, 2.75) is 20.5 Å². The van der Waals surface area contributed by atoms with E-state index in [4.69, 9.17) is 21.1 Å². The smallest absolute Gasteiger partial charge is 0.265 e. The maximum Gasteiger partial charge on any atom is 0.265 e. The molecule has 0 aliphatic rings. The Kier molecular flexibility index (Phi) is 7.02. The van der Waals surface area contributed by atoms with Gasteiger partial charge in [0.1, 0.15) is 12.1 Å². The number of nitrogens with one attached hydrogen (secondary N) is 2. The number of hydrazone groups is 1. The number of benzene rings is 3. The molecular formula is C26H22BrClN6O2. The highest BCUT2D eigenvalue weighted by Crippen LogP contribution is 2.37. The van der Waals surface area contributed by atoms with Crippen molar-refractivity contribution in [3.8, 4) is 11.5 Å². The largest absolute Gasteiger partial charge is 0.490 e. The predicted molar refractivity (Wildman–Crippen MR) is 146 cm³/mol. The molecule has 0 spiro atoms. The fourth-order valence-electron chi connectivity index (χ4n) is 3.73. The van der Waals surface area contributed by atoms with Crippen LogP contribution in [0.2, 0.25) is 5.02 Å². The first-order valence-electron chi connectivity index (χ1n) is 11.3. The summed E-state index contributed by atoms with van der Waals surface area (Å²) < 4.78 is 12.6. The van der Waals surface area contributed by atoms with Crippen molar-refractivity contribution >= 4 is 61.8 Å². The number of ether oxygens (including phenoxy) is 2. The summed E-state index contributed by atoms with van der Waals surface area (Å²) in [6, 6.07) is 17.4. The molecule has 0 saturated heterocycles. The van der Waals surface area contributed by atoms with Crippen molar-refractivity contribution in [3.05, 3.63) is 80.8 Å². The molecule has 0 fully saturated rings. The molecule has 0 saturated carbocycles. The number of aromatic nitrogens is 4. The lowest BCUT2D eigenvalue weighted by atomic mass is 10.2. The van der Waals surface area contributed by atoms with E-state index >= 15 is 0 Å². The molecular weight excluding hydrogens is 544 g/mol. The Morgan fingerprint density at radius 2 is 1.97 bits per heavy atom. The van der Waals surface area contributed by atoms with Gasteiger partial charge in [0.25, 0.3) is 5.95 Å². The van der Waals surface area contributed by atoms with E-state index in [-0.39, 0.29) is 5.95 Å². The molecule has 0 bridgehead atoms. The van der Waals surface area contributed by atoms with Gasteiger partial charge in [-0.05, 0) is 65.7 Å². The molecule has 8 nitrogen and oxygen atoms in total. The monoisotopic (exact) mass is 564 g/mol. The second-order valence-corrected chi connectivity index (χ2v) is 9.28. The summed E-state index contributed by atoms with van der Waals surface area (Å²) in [5, 5.41) is 14.4. The van der Waals surface area contributed by atoms with Crippen LogP contribution < -0.4 is 14.9 Å². The van der Waals surface area contributed by atoms with E-state index in [1.165, 1.54) is 0 Å². The topological polar surface area (TPSA) is 97.3 Å². The van der Waals surface area contributed by atoms with E-state index in [1.807, 2.05) is 62.4 Å². The van der Waals surface area contributed by atoms with Gasteiger partial charge in [0, 0.05) is 21.5 Å². The zero-order chi connectivity index (χ0) is 25.1. The molecule has 0 aliphatic heterocycles. The first-order valence-corrected chi connectivity index (χ1v) is 12.4. The van der Waals surface area contributed by atoms with Crippen molar-refractivity contribution in [1.82, 2.24) is 20.2 Å². The quantitative estimate of drug-likeness (QED) is 0.161. The SMILES string of the molecule is CCOc1cc(/C=N/Nc2nnc3c(n2)[nH]c2ccc(C)cc23)cc(Br)c1OCc1ccccc1Cl. The van der Waals surface area contributed by atoms with Crippen molar-refractivity contribution in [1.29, 1.82) is 0 Å². The van der Waals surface area contributed by atoms with Gasteiger partial charge >= 0.3 is 0 Å². The number of aromatic amines is 1. The van der Waals surface area contributed by atoms with Crippen LogP contribution in [-0.2, 0) is 6.61 Å². The van der Waals surface area contributed by atoms with Gasteiger partial charge < -0.3 is 14.5 Å². The Morgan fingerprint density at radius 3 is 2.81 bits per heavy atom. The first kappa shape index (κ1) is 24.0. The third-order valence-electron chi connectivity index (χ3n) is 5.41. The molecule has 36 heavy (non-hydrogen) atoms. The van der Waals surface area contributed by atoms with E-state index in [1.54, 1.807) is 6.21 Å². The van der Waals surface area contributed by atoms with Crippen LogP contribution in [0.15, 0.2) is 64.2 Å². The number of H-pyrrole nitrogens is 1. The maximum atomic E-state index is 6.26. The molecule has 2 heterocycles. The zero-order valence-corrected chi connectivity index (χ0v) is 21.9. The summed E-state index contributed by atoms with van der Waals surface area (Å²) in [5.41, 5.74) is 8.00. The summed E-state index contributed by atoms with van der Waals surface area (Å²) in [6.07, 6.45) is 1.65. The number of nitrogens with zero attached hydrogens (tertiary/aromatic N) is 4. The van der Waals surface area contributed by atoms with E-state index in [2.05, 4.69) is 52.7 Å². The highest BCUT2D eigenvalue weighted by Gasteiger charge is 2.13. The Bertz CT molecular complexity index is 1590. The second-order valence-electron chi connectivity index (χ2n) is 8.02. The minimum Gasteiger partial charge on any atom is -0.490 e. The minimum atomic E-state index is 0.283. The highest BCUT2D eigenvalue weighted by atomic mass is 79.9. The van der Waals surface area contributed by atoms with Gasteiger partial charge in [0.05, 0.1) is 17.3 Å². The molecule has 0 atom stereocenters. The van der Waals surface area contributed by atoms with Crippen LogP contribution >= 0.6 is 27.5 Å². The lowest BCUT2D eigenvalue weighted by Gasteiger charge is -2.15. The molecule has 2 N–H and O–H groups in total. The van der Waals surface area contributed by atoms with Gasteiger partial charge in [0.2, 0.25) is 0 Å². The molecule has 182 valence electrons. The lowest BCUT2D eigenvalue weighted by molar-refractivity contribution is 0.267. The molecule has 5 aromatic rings. The third-order valence-corrected chi connectivity index (χ3v) is 6.37. The van der Waals surface area contributed by atoms with Crippen LogP contribution in [0.25, 0.3) is 22.1 Å². The molecule has 0 radical (unpaired) electrons. The number of rotatable bonds is 8. The third kappa shape index (κ3) is 5.12. The first-order chi connectivity index (χ1) is 17.5. The standard InChI is InChI=1S/C26H22BrClN6O2/c1-3-35-22-12-16(11-19(27)24(22)36-14-17-6-4-5-7-20(17)28)13-29-33-26-31-25-23(32-34-26)18-10-15(2)8-9-21(18)30-25/h4-13H,3,14H2,1-2H3,(H2,30,31,33,34)/b29-13+. The van der Waals surface area contributed by atoms with Gasteiger partial charge in [-0.25, -0.2) is 5.43 Å². The Labute approximate surface area is 220 Å². The Morgan fingerprint density at radius 1 is 1.11 bits per heavy atom. The fourth-order valence-corrected chi connectivity index (χ4v) is 4.49. The van der Waals surface area contributed by atoms with Gasteiger partial charge in [-0.1, -0.05) is 41.4 Å². The van der Waals surface area contributed by atoms with E-state index in [9.17, 15) is 0 Å². The van der Waals surface area contributed by atoms with Gasteiger partial charge in [-0.15, -0.1) is 10.2 Å². The van der Waals surface area contributed by atoms with Crippen LogP contribution in [-0.4, -0.2) is 33.0 Å². The number of fused-ring (bicyclic) bond motifs is 3. The predicted octanol–water partition coefficient (Wildman–Crippen LogP) is 6.65. The second kappa shape index (κ2) is 10.5. The number of anilines is 1. The molecule has 10 heteroatoms. The lowest BCUT2D eigenvalue weighted by Crippen LogP contribution is -2.02. The average Bonchev–Trinajstić information content (AvgIpc) is 3.22. The zero-order valence-electron chi connectivity index (χ0n) is 19.5. The highest BCUT2D eigenvalue weighted by molar-refractivity contribution is 9.10. The summed E-state index contributed by atoms with van der Waals surface area (Å²) in [7, 11) is 0. The molecule has 3 aromatic carbocycles. The maximum absolute atomic E-state index is 6.26. The minimum absolute atomic E-state index is 0.283. The summed E-state index contributed by atoms with van der Waals surface area (Å²) in [6.45, 7) is 4.75. The van der Waals surface area contributed by atoms with Gasteiger partial charge in [0.15, 0.2) is 17.1 Å². The molecule has 0 aliphatic carbocycles. The Balaban J connectivity index is 1.33. The van der Waals surface area contributed by atoms with Crippen molar-refractivity contribution in [2.24, 2.45) is 5.10 Å². The van der Waals surface area contributed by atoms with Crippen molar-refractivity contribution in [3.63, 3.8) is 0 Å². The number of halogens is 2. The normalized spacial score (nSPS) is 11.4. The number of aryl methyl sites for hydroxylation is 1. The van der Waals surface area contributed by atoms with E-state index in [0.29, 0.717) is 35.4 Å². The molecule has 2 aromatic heterocycles. The van der Waals surface area contributed by atoms with Crippen LogP contribution in [0.5, 0.6) is 11.5 Å². The van der Waals surface area contributed by atoms with E-state index in [0.717, 1.165) is 37.6 Å². The van der Waals surface area contributed by atoms with Crippen LogP contribution in [0.4, 0.5) is 5.95 Å². The average molecular weight is 566 g/mol. The number of hydrogen-bond donors (Lipinski definition) is 2. The van der Waals surface area contributed by atoms with Crippen LogP contribution in [0.3, 0.4) is 0 Å². The molecule has 0 amide bonds. The Hall–Kier alpha value is -3.69. The van der Waals surface area contributed by atoms with E-state index < -0.39 is 0 Å². The summed E-state index contributed by atoms with van der Waals surface area (Å²) in [4.78, 5) is 7.76. The van der Waals surface area contributed by atoms with Crippen LogP contribution in [0, 0.1) is 6.92 Å². The fraction of sp³-hybridized carbons (Fsp3) is 0.154.